The Kier molecular flexibility index (Phi) is 6.58. The van der Waals surface area contributed by atoms with E-state index in [2.05, 4.69) is 30.4 Å². The van der Waals surface area contributed by atoms with Crippen LogP contribution < -0.4 is 20.1 Å². The van der Waals surface area contributed by atoms with Crippen LogP contribution in [0.5, 0.6) is 17.2 Å². The van der Waals surface area contributed by atoms with Gasteiger partial charge in [0.25, 0.3) is 0 Å². The van der Waals surface area contributed by atoms with E-state index in [0.29, 0.717) is 17.2 Å². The second-order valence-electron chi connectivity index (χ2n) is 8.14. The SMILES string of the molecule is C#CCOc1cc(C(C)C)nc2ccc(Oc3ccc(NC(=O)[C@@H]4CCCN4)cc3)cc12. The summed E-state index contributed by atoms with van der Waals surface area (Å²) in [6.45, 7) is 5.26. The van der Waals surface area contributed by atoms with E-state index >= 15 is 0 Å². The number of amides is 1. The zero-order valence-corrected chi connectivity index (χ0v) is 18.4. The fourth-order valence-electron chi connectivity index (χ4n) is 3.67. The molecule has 1 aliphatic heterocycles. The summed E-state index contributed by atoms with van der Waals surface area (Å²) in [5.74, 6) is 4.80. The first-order chi connectivity index (χ1) is 15.5. The van der Waals surface area contributed by atoms with Crippen LogP contribution >= 0.6 is 0 Å². The summed E-state index contributed by atoms with van der Waals surface area (Å²) in [4.78, 5) is 17.0. The van der Waals surface area contributed by atoms with Crippen molar-refractivity contribution < 1.29 is 14.3 Å². The Morgan fingerprint density at radius 1 is 1.22 bits per heavy atom. The van der Waals surface area contributed by atoms with Crippen molar-refractivity contribution in [1.82, 2.24) is 10.3 Å². The fraction of sp³-hybridized carbons (Fsp3) is 0.308. The van der Waals surface area contributed by atoms with Crippen molar-refractivity contribution in [2.75, 3.05) is 18.5 Å². The molecule has 164 valence electrons. The molecule has 6 heteroatoms. The highest BCUT2D eigenvalue weighted by molar-refractivity contribution is 5.95. The normalized spacial score (nSPS) is 15.5. The molecule has 1 atom stereocenters. The third kappa shape index (κ3) is 5.01. The highest BCUT2D eigenvalue weighted by Gasteiger charge is 2.21. The largest absolute Gasteiger partial charge is 0.480 e. The van der Waals surface area contributed by atoms with Gasteiger partial charge in [0.05, 0.1) is 11.6 Å². The van der Waals surface area contributed by atoms with Gasteiger partial charge >= 0.3 is 0 Å². The second-order valence-corrected chi connectivity index (χ2v) is 8.14. The molecule has 32 heavy (non-hydrogen) atoms. The van der Waals surface area contributed by atoms with Crippen LogP contribution in [0.25, 0.3) is 10.9 Å². The third-order valence-corrected chi connectivity index (χ3v) is 5.40. The summed E-state index contributed by atoms with van der Waals surface area (Å²) in [7, 11) is 0. The molecule has 0 unspecified atom stereocenters. The van der Waals surface area contributed by atoms with Gasteiger partial charge in [-0.25, -0.2) is 0 Å². The predicted octanol–water partition coefficient (Wildman–Crippen LogP) is 4.85. The molecule has 1 amide bonds. The lowest BCUT2D eigenvalue weighted by atomic mass is 10.1. The van der Waals surface area contributed by atoms with Gasteiger partial charge in [0.15, 0.2) is 0 Å². The van der Waals surface area contributed by atoms with Crippen LogP contribution in [0.1, 0.15) is 38.3 Å². The van der Waals surface area contributed by atoms with Gasteiger partial charge in [-0.05, 0) is 67.8 Å². The van der Waals surface area contributed by atoms with Gasteiger partial charge < -0.3 is 20.1 Å². The zero-order valence-electron chi connectivity index (χ0n) is 18.4. The molecule has 0 saturated carbocycles. The van der Waals surface area contributed by atoms with Crippen LogP contribution in [0.4, 0.5) is 5.69 Å². The molecule has 6 nitrogen and oxygen atoms in total. The average molecular weight is 430 g/mol. The van der Waals surface area contributed by atoms with Crippen molar-refractivity contribution in [2.24, 2.45) is 0 Å². The number of carbonyl (C=O) groups excluding carboxylic acids is 1. The molecule has 2 heterocycles. The maximum absolute atomic E-state index is 12.3. The van der Waals surface area contributed by atoms with E-state index in [0.717, 1.165) is 41.7 Å². The number of nitrogens with zero attached hydrogens (tertiary/aromatic N) is 1. The molecule has 2 N–H and O–H groups in total. The maximum Gasteiger partial charge on any atom is 0.241 e. The quantitative estimate of drug-likeness (QED) is 0.525. The van der Waals surface area contributed by atoms with E-state index in [9.17, 15) is 4.79 Å². The van der Waals surface area contributed by atoms with Gasteiger partial charge in [-0.1, -0.05) is 19.8 Å². The number of pyridine rings is 1. The van der Waals surface area contributed by atoms with E-state index in [1.807, 2.05) is 48.5 Å². The van der Waals surface area contributed by atoms with Crippen molar-refractivity contribution in [1.29, 1.82) is 0 Å². The van der Waals surface area contributed by atoms with Crippen molar-refractivity contribution in [3.05, 3.63) is 54.2 Å². The van der Waals surface area contributed by atoms with Gasteiger partial charge in [0, 0.05) is 22.8 Å². The molecule has 0 radical (unpaired) electrons. The van der Waals surface area contributed by atoms with Crippen LogP contribution in [-0.4, -0.2) is 30.1 Å². The number of anilines is 1. The number of hydrogen-bond donors (Lipinski definition) is 2. The highest BCUT2D eigenvalue weighted by Crippen LogP contribution is 2.33. The number of terminal acetylenes is 1. The van der Waals surface area contributed by atoms with Crippen LogP contribution in [0.15, 0.2) is 48.5 Å². The van der Waals surface area contributed by atoms with Crippen LogP contribution in [0.2, 0.25) is 0 Å². The first-order valence-electron chi connectivity index (χ1n) is 10.9. The first kappa shape index (κ1) is 21.7. The summed E-state index contributed by atoms with van der Waals surface area (Å²) >= 11 is 0. The van der Waals surface area contributed by atoms with E-state index in [-0.39, 0.29) is 24.5 Å². The summed E-state index contributed by atoms with van der Waals surface area (Å²) in [5.41, 5.74) is 2.52. The molecule has 3 aromatic rings. The van der Waals surface area contributed by atoms with Gasteiger partial charge in [-0.2, -0.15) is 0 Å². The average Bonchev–Trinajstić information content (AvgIpc) is 3.34. The van der Waals surface area contributed by atoms with E-state index < -0.39 is 0 Å². The van der Waals surface area contributed by atoms with Gasteiger partial charge in [0.2, 0.25) is 5.91 Å². The predicted molar refractivity (Wildman–Crippen MR) is 126 cm³/mol. The summed E-state index contributed by atoms with van der Waals surface area (Å²) in [5, 5.41) is 6.98. The van der Waals surface area contributed by atoms with Crippen molar-refractivity contribution in [3.63, 3.8) is 0 Å². The lowest BCUT2D eigenvalue weighted by molar-refractivity contribution is -0.117. The summed E-state index contributed by atoms with van der Waals surface area (Å²) < 4.78 is 11.8. The molecule has 4 rings (SSSR count). The molecule has 1 aliphatic rings. The second kappa shape index (κ2) is 9.71. The van der Waals surface area contributed by atoms with Gasteiger partial charge in [-0.15, -0.1) is 6.42 Å². The zero-order chi connectivity index (χ0) is 22.5. The topological polar surface area (TPSA) is 72.5 Å². The number of aromatic nitrogens is 1. The monoisotopic (exact) mass is 429 g/mol. The minimum Gasteiger partial charge on any atom is -0.480 e. The Balaban J connectivity index is 1.51. The number of nitrogens with one attached hydrogen (secondary N) is 2. The van der Waals surface area contributed by atoms with Gasteiger partial charge in [0.1, 0.15) is 23.9 Å². The van der Waals surface area contributed by atoms with E-state index in [1.54, 1.807) is 0 Å². The number of hydrogen-bond acceptors (Lipinski definition) is 5. The van der Waals surface area contributed by atoms with E-state index in [4.69, 9.17) is 20.9 Å². The lowest BCUT2D eigenvalue weighted by Crippen LogP contribution is -2.35. The number of benzene rings is 2. The highest BCUT2D eigenvalue weighted by atomic mass is 16.5. The Hall–Kier alpha value is -3.56. The molecule has 1 saturated heterocycles. The van der Waals surface area contributed by atoms with Crippen molar-refractivity contribution in [2.45, 2.75) is 38.6 Å². The summed E-state index contributed by atoms with van der Waals surface area (Å²) in [6, 6.07) is 14.9. The van der Waals surface area contributed by atoms with Crippen molar-refractivity contribution in [3.8, 4) is 29.6 Å². The molecule has 1 aromatic heterocycles. The van der Waals surface area contributed by atoms with E-state index in [1.165, 1.54) is 0 Å². The molecule has 2 aromatic carbocycles. The molecule has 0 aliphatic carbocycles. The van der Waals surface area contributed by atoms with Crippen molar-refractivity contribution >= 4 is 22.5 Å². The van der Waals surface area contributed by atoms with Gasteiger partial charge in [-0.3, -0.25) is 9.78 Å². The van der Waals surface area contributed by atoms with Crippen LogP contribution in [-0.2, 0) is 4.79 Å². The molecule has 0 spiro atoms. The summed E-state index contributed by atoms with van der Waals surface area (Å²) in [6.07, 6.45) is 7.28. The number of fused-ring (bicyclic) bond motifs is 1. The maximum atomic E-state index is 12.3. The standard InChI is InChI=1S/C26H27N3O3/c1-4-14-31-25-16-24(17(2)3)29-22-12-11-20(15-21(22)25)32-19-9-7-18(8-10-19)28-26(30)23-6-5-13-27-23/h1,7-12,15-17,23,27H,5-6,13-14H2,2-3H3,(H,28,30)/t23-/m0/s1. The Morgan fingerprint density at radius 3 is 2.69 bits per heavy atom. The minimum absolute atomic E-state index is 0.00142. The molecular formula is C26H27N3O3. The van der Waals surface area contributed by atoms with Crippen LogP contribution in [0.3, 0.4) is 0 Å². The number of carbonyl (C=O) groups is 1. The molecular weight excluding hydrogens is 402 g/mol. The Morgan fingerprint density at radius 2 is 2.00 bits per heavy atom. The molecule has 0 bridgehead atoms. The Bertz CT molecular complexity index is 1140. The number of rotatable bonds is 7. The Labute approximate surface area is 188 Å². The fourth-order valence-corrected chi connectivity index (χ4v) is 3.67. The number of ether oxygens (including phenoxy) is 2. The molecule has 1 fully saturated rings. The smallest absolute Gasteiger partial charge is 0.241 e. The lowest BCUT2D eigenvalue weighted by Gasteiger charge is -2.14. The van der Waals surface area contributed by atoms with Crippen LogP contribution in [0, 0.1) is 12.3 Å². The third-order valence-electron chi connectivity index (χ3n) is 5.40. The first-order valence-corrected chi connectivity index (χ1v) is 10.9. The minimum atomic E-state index is -0.112.